The van der Waals surface area contributed by atoms with Crippen LogP contribution in [0.3, 0.4) is 0 Å². The zero-order chi connectivity index (χ0) is 16.9. The van der Waals surface area contributed by atoms with Crippen molar-refractivity contribution in [1.29, 1.82) is 0 Å². The lowest BCUT2D eigenvalue weighted by molar-refractivity contribution is -0.144. The molecule has 1 unspecified atom stereocenters. The third-order valence-corrected chi connectivity index (χ3v) is 5.53. The maximum absolute atomic E-state index is 12.7. The Morgan fingerprint density at radius 2 is 2.08 bits per heavy atom. The third-order valence-electron chi connectivity index (χ3n) is 5.53. The van der Waals surface area contributed by atoms with Crippen molar-refractivity contribution in [2.24, 2.45) is 11.3 Å². The van der Waals surface area contributed by atoms with Gasteiger partial charge in [0, 0.05) is 25.1 Å². The van der Waals surface area contributed by atoms with E-state index in [0.717, 1.165) is 24.2 Å². The molecule has 1 saturated carbocycles. The second-order valence-electron chi connectivity index (χ2n) is 6.99. The van der Waals surface area contributed by atoms with E-state index in [1.807, 2.05) is 6.07 Å². The van der Waals surface area contributed by atoms with Crippen molar-refractivity contribution in [3.05, 3.63) is 29.3 Å². The summed E-state index contributed by atoms with van der Waals surface area (Å²) in [5, 5.41) is 2.48. The monoisotopic (exact) mass is 328 g/mol. The first kappa shape index (κ1) is 15.2. The molecule has 0 radical (unpaired) electrons. The maximum atomic E-state index is 12.7. The number of methoxy groups -OCH3 is 1. The van der Waals surface area contributed by atoms with E-state index in [1.165, 1.54) is 0 Å². The molecule has 1 aromatic carbocycles. The van der Waals surface area contributed by atoms with E-state index in [-0.39, 0.29) is 23.6 Å². The largest absolute Gasteiger partial charge is 0.497 e. The van der Waals surface area contributed by atoms with E-state index < -0.39 is 5.41 Å². The summed E-state index contributed by atoms with van der Waals surface area (Å²) >= 11 is 0. The predicted octanol–water partition coefficient (Wildman–Crippen LogP) is 1.48. The molecule has 1 N–H and O–H groups in total. The quantitative estimate of drug-likeness (QED) is 0.850. The lowest BCUT2D eigenvalue weighted by atomic mass is 9.74. The Bertz CT molecular complexity index is 741. The number of nitrogens with zero attached hydrogens (tertiary/aromatic N) is 1. The van der Waals surface area contributed by atoms with Gasteiger partial charge < -0.3 is 9.64 Å². The van der Waals surface area contributed by atoms with E-state index in [2.05, 4.69) is 5.32 Å². The fraction of sp³-hybridized carbons (Fsp3) is 0.500. The van der Waals surface area contributed by atoms with E-state index in [0.29, 0.717) is 31.5 Å². The van der Waals surface area contributed by atoms with Gasteiger partial charge in [-0.3, -0.25) is 19.7 Å². The Morgan fingerprint density at radius 1 is 1.29 bits per heavy atom. The number of ether oxygens (including phenoxy) is 1. The second kappa shape index (κ2) is 5.33. The number of fused-ring (bicyclic) bond motifs is 1. The average Bonchev–Trinajstić information content (AvgIpc) is 3.37. The summed E-state index contributed by atoms with van der Waals surface area (Å²) < 4.78 is 5.23. The van der Waals surface area contributed by atoms with Crippen LogP contribution in [0.25, 0.3) is 0 Å². The number of imide groups is 1. The number of carbonyl (C=O) groups is 3. The summed E-state index contributed by atoms with van der Waals surface area (Å²) in [6.07, 6.45) is 2.87. The molecule has 2 heterocycles. The summed E-state index contributed by atoms with van der Waals surface area (Å²) in [6, 6.07) is 5.44. The smallest absolute Gasteiger partial charge is 0.254 e. The summed E-state index contributed by atoms with van der Waals surface area (Å²) in [5.74, 6) is 0.537. The summed E-state index contributed by atoms with van der Waals surface area (Å²) in [7, 11) is 1.60. The molecule has 3 amide bonds. The number of hydrogen-bond donors (Lipinski definition) is 1. The van der Waals surface area contributed by atoms with Crippen LogP contribution >= 0.6 is 0 Å². The van der Waals surface area contributed by atoms with E-state index >= 15 is 0 Å². The summed E-state index contributed by atoms with van der Waals surface area (Å²) in [4.78, 5) is 38.6. The van der Waals surface area contributed by atoms with E-state index in [1.54, 1.807) is 24.1 Å². The van der Waals surface area contributed by atoms with Crippen LogP contribution in [0, 0.1) is 11.3 Å². The van der Waals surface area contributed by atoms with Gasteiger partial charge in [-0.05, 0) is 48.9 Å². The van der Waals surface area contributed by atoms with Crippen molar-refractivity contribution < 1.29 is 19.1 Å². The van der Waals surface area contributed by atoms with Crippen molar-refractivity contribution in [2.45, 2.75) is 32.2 Å². The second-order valence-corrected chi connectivity index (χ2v) is 6.99. The van der Waals surface area contributed by atoms with Gasteiger partial charge in [0.2, 0.25) is 11.8 Å². The molecule has 24 heavy (non-hydrogen) atoms. The predicted molar refractivity (Wildman–Crippen MR) is 85.3 cm³/mol. The Hall–Kier alpha value is -2.37. The zero-order valence-electron chi connectivity index (χ0n) is 13.6. The highest BCUT2D eigenvalue weighted by atomic mass is 16.5. The number of rotatable bonds is 4. The van der Waals surface area contributed by atoms with Crippen molar-refractivity contribution in [1.82, 2.24) is 10.2 Å². The van der Waals surface area contributed by atoms with Crippen LogP contribution in [0.4, 0.5) is 0 Å². The van der Waals surface area contributed by atoms with Crippen molar-refractivity contribution in [3.8, 4) is 5.75 Å². The standard InChI is InChI=1S/C18H20N2O4/c1-24-13-4-5-14-11(8-13)9-20(16(14)22)10-18(12-2-3-12)7-6-15(21)19-17(18)23/h4-5,8,12H,2-3,6-7,9-10H2,1H3,(H,19,21,23). The van der Waals surface area contributed by atoms with Gasteiger partial charge in [-0.25, -0.2) is 0 Å². The maximum Gasteiger partial charge on any atom is 0.254 e. The third kappa shape index (κ3) is 2.28. The molecule has 2 fully saturated rings. The fourth-order valence-electron chi connectivity index (χ4n) is 4.02. The van der Waals surface area contributed by atoms with Crippen LogP contribution in [-0.4, -0.2) is 36.3 Å². The highest BCUT2D eigenvalue weighted by Crippen LogP contribution is 2.51. The van der Waals surface area contributed by atoms with E-state index in [4.69, 9.17) is 4.74 Å². The summed E-state index contributed by atoms with van der Waals surface area (Å²) in [5.41, 5.74) is 0.988. The van der Waals surface area contributed by atoms with Crippen molar-refractivity contribution in [2.75, 3.05) is 13.7 Å². The molecule has 6 heteroatoms. The molecule has 0 spiro atoms. The fourth-order valence-corrected chi connectivity index (χ4v) is 4.02. The van der Waals surface area contributed by atoms with Crippen molar-refractivity contribution >= 4 is 17.7 Å². The number of benzene rings is 1. The minimum Gasteiger partial charge on any atom is -0.497 e. The van der Waals surface area contributed by atoms with Gasteiger partial charge in [0.1, 0.15) is 5.75 Å². The molecule has 0 aromatic heterocycles. The Morgan fingerprint density at radius 3 is 2.75 bits per heavy atom. The average molecular weight is 328 g/mol. The molecule has 2 aliphatic heterocycles. The first-order valence-corrected chi connectivity index (χ1v) is 8.34. The van der Waals surface area contributed by atoms with Gasteiger partial charge in [0.15, 0.2) is 0 Å². The molecule has 1 atom stereocenters. The van der Waals surface area contributed by atoms with Gasteiger partial charge in [-0.2, -0.15) is 0 Å². The van der Waals surface area contributed by atoms with Gasteiger partial charge in [-0.15, -0.1) is 0 Å². The number of carbonyl (C=O) groups excluding carboxylic acids is 3. The number of hydrogen-bond acceptors (Lipinski definition) is 4. The molecule has 1 saturated heterocycles. The molecule has 6 nitrogen and oxygen atoms in total. The zero-order valence-corrected chi connectivity index (χ0v) is 13.6. The lowest BCUT2D eigenvalue weighted by Gasteiger charge is -2.38. The SMILES string of the molecule is COc1ccc2c(c1)CN(CC1(C3CC3)CCC(=O)NC1=O)C2=O. The molecule has 1 aliphatic carbocycles. The number of amides is 3. The first-order chi connectivity index (χ1) is 11.5. The first-order valence-electron chi connectivity index (χ1n) is 8.34. The molecular weight excluding hydrogens is 308 g/mol. The van der Waals surface area contributed by atoms with Crippen LogP contribution < -0.4 is 10.1 Å². The van der Waals surface area contributed by atoms with Gasteiger partial charge in [-0.1, -0.05) is 0 Å². The van der Waals surface area contributed by atoms with Crippen LogP contribution in [0.5, 0.6) is 5.75 Å². The Labute approximate surface area is 140 Å². The van der Waals surface area contributed by atoms with E-state index in [9.17, 15) is 14.4 Å². The Kier molecular flexibility index (Phi) is 3.37. The number of nitrogens with one attached hydrogen (secondary N) is 1. The topological polar surface area (TPSA) is 75.7 Å². The lowest BCUT2D eigenvalue weighted by Crippen LogP contribution is -2.55. The summed E-state index contributed by atoms with van der Waals surface area (Å²) in [6.45, 7) is 0.869. The van der Waals surface area contributed by atoms with Gasteiger partial charge in [0.05, 0.1) is 12.5 Å². The van der Waals surface area contributed by atoms with Crippen LogP contribution in [-0.2, 0) is 16.1 Å². The van der Waals surface area contributed by atoms with Crippen LogP contribution in [0.2, 0.25) is 0 Å². The molecule has 3 aliphatic rings. The van der Waals surface area contributed by atoms with Gasteiger partial charge in [0.25, 0.3) is 5.91 Å². The van der Waals surface area contributed by atoms with Gasteiger partial charge >= 0.3 is 0 Å². The minimum atomic E-state index is -0.615. The molecule has 126 valence electrons. The molecule has 4 rings (SSSR count). The number of piperidine rings is 1. The minimum absolute atomic E-state index is 0.0441. The highest BCUT2D eigenvalue weighted by Gasteiger charge is 2.54. The van der Waals surface area contributed by atoms with Crippen LogP contribution in [0.15, 0.2) is 18.2 Å². The normalized spacial score (nSPS) is 26.4. The molecule has 0 bridgehead atoms. The molecular formula is C18H20N2O4. The van der Waals surface area contributed by atoms with Crippen LogP contribution in [0.1, 0.15) is 41.6 Å². The molecule has 1 aromatic rings. The highest BCUT2D eigenvalue weighted by molar-refractivity contribution is 6.02. The Balaban J connectivity index is 1.59. The van der Waals surface area contributed by atoms with Crippen molar-refractivity contribution in [3.63, 3.8) is 0 Å².